The van der Waals surface area contributed by atoms with Crippen molar-refractivity contribution in [2.45, 2.75) is 12.8 Å². The smallest absolute Gasteiger partial charge is 0.128 e. The van der Waals surface area contributed by atoms with Crippen molar-refractivity contribution in [2.24, 2.45) is 0 Å². The molecule has 1 aromatic heterocycles. The zero-order valence-corrected chi connectivity index (χ0v) is 15.3. The lowest BCUT2D eigenvalue weighted by atomic mass is 10.1. The van der Waals surface area contributed by atoms with E-state index in [-0.39, 0.29) is 0 Å². The summed E-state index contributed by atoms with van der Waals surface area (Å²) in [5.74, 6) is 0. The first-order valence-electron chi connectivity index (χ1n) is 8.43. The number of benzene rings is 2. The van der Waals surface area contributed by atoms with E-state index >= 15 is 0 Å². The first-order chi connectivity index (χ1) is 12.2. The molecular formula is C20H18ClN3S. The van der Waals surface area contributed by atoms with Crippen LogP contribution >= 0.6 is 23.8 Å². The summed E-state index contributed by atoms with van der Waals surface area (Å²) in [6.45, 7) is 2.05. The van der Waals surface area contributed by atoms with Crippen LogP contribution in [0, 0.1) is 0 Å². The fourth-order valence-corrected chi connectivity index (χ4v) is 3.60. The molecule has 0 atom stereocenters. The van der Waals surface area contributed by atoms with E-state index in [9.17, 15) is 0 Å². The van der Waals surface area contributed by atoms with Gasteiger partial charge in [-0.15, -0.1) is 0 Å². The number of rotatable bonds is 3. The Labute approximate surface area is 157 Å². The monoisotopic (exact) mass is 367 g/mol. The molecule has 25 heavy (non-hydrogen) atoms. The van der Waals surface area contributed by atoms with Crippen LogP contribution in [0.15, 0.2) is 60.7 Å². The summed E-state index contributed by atoms with van der Waals surface area (Å²) in [5.41, 5.74) is 3.91. The van der Waals surface area contributed by atoms with Crippen molar-refractivity contribution in [1.82, 2.24) is 14.7 Å². The van der Waals surface area contributed by atoms with E-state index in [1.54, 1.807) is 0 Å². The number of nitrogens with zero attached hydrogens (tertiary/aromatic N) is 3. The highest BCUT2D eigenvalue weighted by Crippen LogP contribution is 2.25. The third kappa shape index (κ3) is 3.32. The summed E-state index contributed by atoms with van der Waals surface area (Å²) in [4.78, 5) is 3.14. The van der Waals surface area contributed by atoms with Gasteiger partial charge in [0.25, 0.3) is 0 Å². The largest absolute Gasteiger partial charge is 0.361 e. The Balaban J connectivity index is 1.80. The van der Waals surface area contributed by atoms with Crippen molar-refractivity contribution in [1.29, 1.82) is 0 Å². The SMILES string of the molecule is S=C(c1cc(-c2ccc(Cl)cc2)nn1-c1ccccc1)N1CCCC1. The summed E-state index contributed by atoms with van der Waals surface area (Å²) in [7, 11) is 0. The molecule has 0 N–H and O–H groups in total. The van der Waals surface area contributed by atoms with Crippen LogP contribution in [0.5, 0.6) is 0 Å². The van der Waals surface area contributed by atoms with Gasteiger partial charge in [-0.05, 0) is 43.2 Å². The van der Waals surface area contributed by atoms with E-state index in [2.05, 4.69) is 23.1 Å². The van der Waals surface area contributed by atoms with Gasteiger partial charge in [-0.1, -0.05) is 54.2 Å². The van der Waals surface area contributed by atoms with Crippen LogP contribution in [-0.4, -0.2) is 32.8 Å². The van der Waals surface area contributed by atoms with Gasteiger partial charge in [0, 0.05) is 23.7 Å². The number of aromatic nitrogens is 2. The maximum Gasteiger partial charge on any atom is 0.128 e. The van der Waals surface area contributed by atoms with Crippen LogP contribution in [0.3, 0.4) is 0 Å². The number of halogens is 1. The fourth-order valence-electron chi connectivity index (χ4n) is 3.14. The Morgan fingerprint density at radius 3 is 2.32 bits per heavy atom. The van der Waals surface area contributed by atoms with Gasteiger partial charge in [0.1, 0.15) is 10.7 Å². The number of para-hydroxylation sites is 1. The molecule has 0 spiro atoms. The van der Waals surface area contributed by atoms with Gasteiger partial charge in [-0.25, -0.2) is 4.68 Å². The second kappa shape index (κ2) is 6.98. The predicted octanol–water partition coefficient (Wildman–Crippen LogP) is 4.96. The summed E-state index contributed by atoms with van der Waals surface area (Å²) in [5, 5.41) is 5.55. The van der Waals surface area contributed by atoms with Crippen LogP contribution < -0.4 is 0 Å². The normalized spacial score (nSPS) is 14.0. The minimum atomic E-state index is 0.721. The number of hydrogen-bond donors (Lipinski definition) is 0. The maximum absolute atomic E-state index is 6.01. The molecule has 126 valence electrons. The third-order valence-corrected chi connectivity index (χ3v) is 5.18. The second-order valence-electron chi connectivity index (χ2n) is 6.17. The van der Waals surface area contributed by atoms with Gasteiger partial charge in [0.15, 0.2) is 0 Å². The third-order valence-electron chi connectivity index (χ3n) is 4.46. The van der Waals surface area contributed by atoms with Gasteiger partial charge < -0.3 is 4.90 Å². The summed E-state index contributed by atoms with van der Waals surface area (Å²) >= 11 is 11.8. The Hall–Kier alpha value is -2.17. The Bertz CT molecular complexity index is 881. The van der Waals surface area contributed by atoms with E-state index in [4.69, 9.17) is 28.9 Å². The highest BCUT2D eigenvalue weighted by molar-refractivity contribution is 7.80. The molecule has 1 fully saturated rings. The fraction of sp³-hybridized carbons (Fsp3) is 0.200. The molecule has 1 saturated heterocycles. The van der Waals surface area contributed by atoms with Crippen LogP contribution in [0.25, 0.3) is 16.9 Å². The first kappa shape index (κ1) is 16.3. The van der Waals surface area contributed by atoms with Gasteiger partial charge >= 0.3 is 0 Å². The molecule has 0 unspecified atom stereocenters. The van der Waals surface area contributed by atoms with Gasteiger partial charge in [0.2, 0.25) is 0 Å². The van der Waals surface area contributed by atoms with E-state index in [0.29, 0.717) is 0 Å². The summed E-state index contributed by atoms with van der Waals surface area (Å²) < 4.78 is 1.95. The Kier molecular flexibility index (Phi) is 4.55. The van der Waals surface area contributed by atoms with Gasteiger partial charge in [-0.3, -0.25) is 0 Å². The number of thiocarbonyl (C=S) groups is 1. The molecule has 1 aliphatic heterocycles. The van der Waals surface area contributed by atoms with Crippen LogP contribution in [0.2, 0.25) is 5.02 Å². The van der Waals surface area contributed by atoms with Crippen molar-refractivity contribution in [2.75, 3.05) is 13.1 Å². The molecule has 0 aliphatic carbocycles. The quantitative estimate of drug-likeness (QED) is 0.610. The van der Waals surface area contributed by atoms with Crippen molar-refractivity contribution in [3.8, 4) is 16.9 Å². The highest BCUT2D eigenvalue weighted by Gasteiger charge is 2.21. The Morgan fingerprint density at radius 2 is 1.64 bits per heavy atom. The molecular weight excluding hydrogens is 350 g/mol. The average Bonchev–Trinajstić information content (AvgIpc) is 3.33. The van der Waals surface area contributed by atoms with Crippen LogP contribution in [-0.2, 0) is 0 Å². The molecule has 2 aromatic carbocycles. The molecule has 4 rings (SSSR count). The van der Waals surface area contributed by atoms with E-state index in [0.717, 1.165) is 45.7 Å². The van der Waals surface area contributed by atoms with Crippen molar-refractivity contribution in [3.63, 3.8) is 0 Å². The van der Waals surface area contributed by atoms with Crippen LogP contribution in [0.1, 0.15) is 18.5 Å². The maximum atomic E-state index is 6.01. The number of hydrogen-bond acceptors (Lipinski definition) is 2. The molecule has 0 bridgehead atoms. The topological polar surface area (TPSA) is 21.1 Å². The summed E-state index contributed by atoms with van der Waals surface area (Å²) in [6, 6.07) is 20.0. The Morgan fingerprint density at radius 1 is 0.960 bits per heavy atom. The van der Waals surface area contributed by atoms with Gasteiger partial charge in [-0.2, -0.15) is 5.10 Å². The minimum absolute atomic E-state index is 0.721. The van der Waals surface area contributed by atoms with Crippen molar-refractivity contribution < 1.29 is 0 Å². The van der Waals surface area contributed by atoms with E-state index in [1.165, 1.54) is 12.8 Å². The number of likely N-dealkylation sites (tertiary alicyclic amines) is 1. The molecule has 0 saturated carbocycles. The minimum Gasteiger partial charge on any atom is -0.361 e. The molecule has 2 heterocycles. The van der Waals surface area contributed by atoms with E-state index < -0.39 is 0 Å². The molecule has 0 radical (unpaired) electrons. The second-order valence-corrected chi connectivity index (χ2v) is 6.99. The molecule has 5 heteroatoms. The van der Waals surface area contributed by atoms with Crippen LogP contribution in [0.4, 0.5) is 0 Å². The highest BCUT2D eigenvalue weighted by atomic mass is 35.5. The lowest BCUT2D eigenvalue weighted by Crippen LogP contribution is -2.28. The predicted molar refractivity (Wildman–Crippen MR) is 107 cm³/mol. The molecule has 1 aliphatic rings. The zero-order valence-electron chi connectivity index (χ0n) is 13.7. The molecule has 3 nitrogen and oxygen atoms in total. The van der Waals surface area contributed by atoms with Crippen molar-refractivity contribution >= 4 is 28.8 Å². The standard InChI is InChI=1S/C20H18ClN3S/c21-16-10-8-15(9-11-16)18-14-19(20(25)23-12-4-5-13-23)24(22-18)17-6-2-1-3-7-17/h1-3,6-11,14H,4-5,12-13H2. The lowest BCUT2D eigenvalue weighted by Gasteiger charge is -2.19. The lowest BCUT2D eigenvalue weighted by molar-refractivity contribution is 0.527. The molecule has 3 aromatic rings. The van der Waals surface area contributed by atoms with E-state index in [1.807, 2.05) is 47.1 Å². The average molecular weight is 368 g/mol. The summed E-state index contributed by atoms with van der Waals surface area (Å²) in [6.07, 6.45) is 2.40. The first-order valence-corrected chi connectivity index (χ1v) is 9.22. The van der Waals surface area contributed by atoms with Crippen molar-refractivity contribution in [3.05, 3.63) is 71.4 Å². The van der Waals surface area contributed by atoms with Gasteiger partial charge in [0.05, 0.1) is 11.4 Å². The zero-order chi connectivity index (χ0) is 17.2. The molecule has 0 amide bonds.